The van der Waals surface area contributed by atoms with Crippen LogP contribution in [0.4, 0.5) is 10.5 Å². The minimum Gasteiger partial charge on any atom is -0.274 e. The van der Waals surface area contributed by atoms with E-state index < -0.39 is 6.03 Å². The molecule has 0 bridgehead atoms. The highest BCUT2D eigenvalue weighted by Crippen LogP contribution is 2.19. The zero-order chi connectivity index (χ0) is 12.4. The number of carbonyl (C=O) groups excluding carboxylic acids is 2. The van der Waals surface area contributed by atoms with Crippen LogP contribution in [0.25, 0.3) is 0 Å². The molecule has 0 aromatic heterocycles. The molecule has 88 valence electrons. The number of nitrogens with zero attached hydrogens (tertiary/aromatic N) is 2. The van der Waals surface area contributed by atoms with Crippen LogP contribution in [0.1, 0.15) is 6.92 Å². The van der Waals surface area contributed by atoms with Crippen molar-refractivity contribution in [3.8, 4) is 0 Å². The summed E-state index contributed by atoms with van der Waals surface area (Å²) < 4.78 is 0. The second kappa shape index (κ2) is 4.47. The van der Waals surface area contributed by atoms with Crippen molar-refractivity contribution >= 4 is 29.2 Å². The molecule has 0 spiro atoms. The molecule has 3 amide bonds. The highest BCUT2D eigenvalue weighted by atomic mass is 35.5. The third-order valence-electron chi connectivity index (χ3n) is 2.23. The molecule has 2 rings (SSSR count). The Morgan fingerprint density at radius 2 is 2.12 bits per heavy atom. The van der Waals surface area contributed by atoms with Gasteiger partial charge in [-0.2, -0.15) is 0 Å². The average Bonchev–Trinajstić information content (AvgIpc) is 2.28. The van der Waals surface area contributed by atoms with Crippen LogP contribution in [0.2, 0.25) is 5.02 Å². The summed E-state index contributed by atoms with van der Waals surface area (Å²) in [6, 6.07) is 6.51. The number of hydrazine groups is 1. The summed E-state index contributed by atoms with van der Waals surface area (Å²) in [4.78, 5) is 23.6. The van der Waals surface area contributed by atoms with Gasteiger partial charge < -0.3 is 0 Å². The van der Waals surface area contributed by atoms with Gasteiger partial charge in [0.05, 0.1) is 5.69 Å². The molecule has 17 heavy (non-hydrogen) atoms. The molecule has 0 radical (unpaired) electrons. The number of anilines is 1. The Balaban J connectivity index is 2.24. The molecule has 0 atom stereocenters. The molecule has 1 N–H and O–H groups in total. The Kier molecular flexibility index (Phi) is 3.01. The number of urea groups is 1. The first kappa shape index (κ1) is 11.5. The van der Waals surface area contributed by atoms with Crippen molar-refractivity contribution in [1.29, 1.82) is 0 Å². The van der Waals surface area contributed by atoms with E-state index in [1.54, 1.807) is 30.5 Å². The largest absolute Gasteiger partial charge is 0.347 e. The van der Waals surface area contributed by atoms with Gasteiger partial charge in [0.2, 0.25) is 5.91 Å². The van der Waals surface area contributed by atoms with E-state index in [9.17, 15) is 9.59 Å². The summed E-state index contributed by atoms with van der Waals surface area (Å²) in [6.45, 7) is 1.32. The quantitative estimate of drug-likeness (QED) is 0.832. The van der Waals surface area contributed by atoms with Gasteiger partial charge in [0, 0.05) is 24.3 Å². The van der Waals surface area contributed by atoms with Crippen LogP contribution in [-0.4, -0.2) is 16.8 Å². The lowest BCUT2D eigenvalue weighted by molar-refractivity contribution is -0.124. The molecular formula is C11H10ClN3O2. The first-order valence-electron chi connectivity index (χ1n) is 4.91. The molecule has 0 fully saturated rings. The van der Waals surface area contributed by atoms with Crippen molar-refractivity contribution in [3.63, 3.8) is 0 Å². The Morgan fingerprint density at radius 3 is 2.71 bits per heavy atom. The predicted molar refractivity (Wildman–Crippen MR) is 64.1 cm³/mol. The fourth-order valence-electron chi connectivity index (χ4n) is 1.42. The maximum Gasteiger partial charge on any atom is 0.347 e. The van der Waals surface area contributed by atoms with Crippen LogP contribution in [0.3, 0.4) is 0 Å². The van der Waals surface area contributed by atoms with Crippen LogP contribution >= 0.6 is 11.6 Å². The number of rotatable bonds is 1. The van der Waals surface area contributed by atoms with Gasteiger partial charge in [0.1, 0.15) is 0 Å². The van der Waals surface area contributed by atoms with Gasteiger partial charge >= 0.3 is 6.03 Å². The molecule has 6 heteroatoms. The standard InChI is InChI=1S/C11H10ClN3O2/c1-8(16)14-5-6-15(13-11(14)17)10-4-2-3-9(12)7-10/h2-7H,1H3,(H,13,17). The average molecular weight is 252 g/mol. The molecule has 0 saturated carbocycles. The summed E-state index contributed by atoms with van der Waals surface area (Å²) in [5.74, 6) is -0.343. The van der Waals surface area contributed by atoms with E-state index in [-0.39, 0.29) is 5.91 Å². The van der Waals surface area contributed by atoms with E-state index in [1.807, 2.05) is 0 Å². The Morgan fingerprint density at radius 1 is 1.35 bits per heavy atom. The van der Waals surface area contributed by atoms with Crippen molar-refractivity contribution in [2.24, 2.45) is 0 Å². The Labute approximate surface area is 103 Å². The van der Waals surface area contributed by atoms with Gasteiger partial charge in [-0.25, -0.2) is 15.1 Å². The number of hydrogen-bond acceptors (Lipinski definition) is 3. The lowest BCUT2D eigenvalue weighted by Crippen LogP contribution is -2.50. The number of halogens is 1. The van der Waals surface area contributed by atoms with Crippen molar-refractivity contribution in [2.75, 3.05) is 5.01 Å². The van der Waals surface area contributed by atoms with E-state index in [2.05, 4.69) is 5.43 Å². The molecule has 1 aliphatic rings. The van der Waals surface area contributed by atoms with Gasteiger partial charge in [0.15, 0.2) is 0 Å². The van der Waals surface area contributed by atoms with Crippen LogP contribution in [0.5, 0.6) is 0 Å². The van der Waals surface area contributed by atoms with Crippen LogP contribution in [0.15, 0.2) is 36.7 Å². The number of carbonyl (C=O) groups is 2. The second-order valence-corrected chi connectivity index (χ2v) is 3.89. The summed E-state index contributed by atoms with van der Waals surface area (Å²) in [7, 11) is 0. The van der Waals surface area contributed by atoms with Gasteiger partial charge in [-0.05, 0) is 18.2 Å². The molecular weight excluding hydrogens is 242 g/mol. The molecule has 1 aromatic carbocycles. The zero-order valence-corrected chi connectivity index (χ0v) is 9.81. The summed E-state index contributed by atoms with van der Waals surface area (Å²) in [5, 5.41) is 2.06. The summed E-state index contributed by atoms with van der Waals surface area (Å²) >= 11 is 5.85. The maximum atomic E-state index is 11.6. The number of hydrogen-bond donors (Lipinski definition) is 1. The van der Waals surface area contributed by atoms with Gasteiger partial charge in [-0.1, -0.05) is 17.7 Å². The number of benzene rings is 1. The van der Waals surface area contributed by atoms with Crippen molar-refractivity contribution < 1.29 is 9.59 Å². The summed E-state index contributed by atoms with van der Waals surface area (Å²) in [5.41, 5.74) is 3.26. The van der Waals surface area contributed by atoms with E-state index >= 15 is 0 Å². The Bertz CT molecular complexity index is 501. The molecule has 1 heterocycles. The lowest BCUT2D eigenvalue weighted by Gasteiger charge is -2.29. The summed E-state index contributed by atoms with van der Waals surface area (Å²) in [6.07, 6.45) is 2.98. The van der Waals surface area contributed by atoms with Crippen molar-refractivity contribution in [2.45, 2.75) is 6.92 Å². The monoisotopic (exact) mass is 251 g/mol. The topological polar surface area (TPSA) is 52.7 Å². The fraction of sp³-hybridized carbons (Fsp3) is 0.0909. The molecule has 1 aromatic rings. The van der Waals surface area contributed by atoms with Gasteiger partial charge in [-0.3, -0.25) is 9.80 Å². The number of amides is 3. The molecule has 1 aliphatic heterocycles. The minimum atomic E-state index is -0.500. The highest BCUT2D eigenvalue weighted by molar-refractivity contribution is 6.30. The van der Waals surface area contributed by atoms with Crippen molar-refractivity contribution in [1.82, 2.24) is 10.3 Å². The second-order valence-electron chi connectivity index (χ2n) is 3.45. The highest BCUT2D eigenvalue weighted by Gasteiger charge is 2.21. The van der Waals surface area contributed by atoms with Crippen LogP contribution < -0.4 is 10.4 Å². The molecule has 0 saturated heterocycles. The Hall–Kier alpha value is -2.01. The third-order valence-corrected chi connectivity index (χ3v) is 2.46. The number of imide groups is 1. The molecule has 5 nitrogen and oxygen atoms in total. The van der Waals surface area contributed by atoms with E-state index in [0.29, 0.717) is 10.7 Å². The van der Waals surface area contributed by atoms with Gasteiger partial charge in [-0.15, -0.1) is 0 Å². The van der Waals surface area contributed by atoms with E-state index in [4.69, 9.17) is 11.6 Å². The van der Waals surface area contributed by atoms with E-state index in [0.717, 1.165) is 4.90 Å². The van der Waals surface area contributed by atoms with Crippen LogP contribution in [-0.2, 0) is 4.79 Å². The van der Waals surface area contributed by atoms with Gasteiger partial charge in [0.25, 0.3) is 0 Å². The molecule has 0 unspecified atom stereocenters. The normalized spacial score (nSPS) is 14.8. The maximum absolute atomic E-state index is 11.6. The lowest BCUT2D eigenvalue weighted by atomic mass is 10.3. The first-order valence-corrected chi connectivity index (χ1v) is 5.29. The fourth-order valence-corrected chi connectivity index (χ4v) is 1.60. The molecule has 0 aliphatic carbocycles. The first-order chi connectivity index (χ1) is 8.08. The van der Waals surface area contributed by atoms with E-state index in [1.165, 1.54) is 18.1 Å². The van der Waals surface area contributed by atoms with Crippen LogP contribution in [0, 0.1) is 0 Å². The predicted octanol–water partition coefficient (Wildman–Crippen LogP) is 2.10. The smallest absolute Gasteiger partial charge is 0.274 e. The van der Waals surface area contributed by atoms with Crippen molar-refractivity contribution in [3.05, 3.63) is 41.7 Å². The zero-order valence-electron chi connectivity index (χ0n) is 9.05. The third kappa shape index (κ3) is 2.39. The minimum absolute atomic E-state index is 0.343. The number of nitrogens with one attached hydrogen (secondary N) is 1. The SMILES string of the molecule is CC(=O)N1C=CN(c2cccc(Cl)c2)NC1=O.